The van der Waals surface area contributed by atoms with Crippen molar-refractivity contribution in [3.8, 4) is 0 Å². The summed E-state index contributed by atoms with van der Waals surface area (Å²) in [6, 6.07) is 9.46. The largest absolute Gasteiger partial charge is 0.296 e. The Bertz CT molecular complexity index is 344. The van der Waals surface area contributed by atoms with Crippen molar-refractivity contribution in [3.63, 3.8) is 0 Å². The Morgan fingerprint density at radius 3 is 2.71 bits per heavy atom. The van der Waals surface area contributed by atoms with Crippen LogP contribution in [0, 0.1) is 5.92 Å². The maximum atomic E-state index is 3.61. The third-order valence-corrected chi connectivity index (χ3v) is 4.32. The van der Waals surface area contributed by atoms with Crippen LogP contribution in [-0.2, 0) is 6.54 Å². The van der Waals surface area contributed by atoms with Gasteiger partial charge in [0.1, 0.15) is 0 Å². The Hall–Kier alpha value is -0.340. The lowest BCUT2D eigenvalue weighted by Crippen LogP contribution is -2.28. The van der Waals surface area contributed by atoms with Gasteiger partial charge in [0.25, 0.3) is 0 Å². The molecule has 1 aliphatic carbocycles. The van der Waals surface area contributed by atoms with Crippen molar-refractivity contribution < 1.29 is 0 Å². The molecule has 3 fully saturated rings. The van der Waals surface area contributed by atoms with Crippen molar-refractivity contribution in [2.24, 2.45) is 5.92 Å². The average Bonchev–Trinajstić information content (AvgIpc) is 2.66. The van der Waals surface area contributed by atoms with Crippen LogP contribution in [0.2, 0.25) is 0 Å². The van der Waals surface area contributed by atoms with Gasteiger partial charge in [-0.15, -0.1) is 0 Å². The van der Waals surface area contributed by atoms with Crippen LogP contribution < -0.4 is 0 Å². The minimum absolute atomic E-state index is 0.895. The molecule has 74 valence electrons. The van der Waals surface area contributed by atoms with Crippen LogP contribution in [0.15, 0.2) is 28.7 Å². The molecule has 1 aromatic rings. The number of fused-ring (bicyclic) bond motifs is 1. The van der Waals surface area contributed by atoms with Crippen LogP contribution >= 0.6 is 15.9 Å². The molecule has 0 aromatic heterocycles. The summed E-state index contributed by atoms with van der Waals surface area (Å²) in [7, 11) is 0. The molecule has 1 saturated carbocycles. The van der Waals surface area contributed by atoms with Crippen LogP contribution in [-0.4, -0.2) is 17.5 Å². The lowest BCUT2D eigenvalue weighted by Gasteiger charge is -2.26. The van der Waals surface area contributed by atoms with E-state index in [4.69, 9.17) is 0 Å². The molecule has 0 atom stereocenters. The zero-order valence-electron chi connectivity index (χ0n) is 8.12. The smallest absolute Gasteiger partial charge is 0.0247 e. The molecule has 0 amide bonds. The highest BCUT2D eigenvalue weighted by Crippen LogP contribution is 2.41. The predicted molar refractivity (Wildman–Crippen MR) is 61.1 cm³/mol. The van der Waals surface area contributed by atoms with Crippen molar-refractivity contribution >= 4 is 15.9 Å². The van der Waals surface area contributed by atoms with Crippen molar-refractivity contribution in [1.82, 2.24) is 4.90 Å². The summed E-state index contributed by atoms with van der Waals surface area (Å²) in [5.41, 5.74) is 1.43. The molecule has 3 aliphatic rings. The van der Waals surface area contributed by atoms with Crippen LogP contribution in [0.1, 0.15) is 18.4 Å². The highest BCUT2D eigenvalue weighted by Gasteiger charge is 2.42. The van der Waals surface area contributed by atoms with E-state index < -0.39 is 0 Å². The molecular weight excluding hydrogens is 238 g/mol. The summed E-state index contributed by atoms with van der Waals surface area (Å²) in [4.78, 5) is 2.63. The van der Waals surface area contributed by atoms with Gasteiger partial charge in [-0.3, -0.25) is 4.90 Å². The van der Waals surface area contributed by atoms with Gasteiger partial charge in [0.05, 0.1) is 0 Å². The van der Waals surface area contributed by atoms with E-state index in [-0.39, 0.29) is 0 Å². The molecule has 1 aromatic carbocycles. The van der Waals surface area contributed by atoms with E-state index in [1.54, 1.807) is 0 Å². The van der Waals surface area contributed by atoms with Crippen molar-refractivity contribution in [2.45, 2.75) is 25.4 Å². The minimum atomic E-state index is 0.895. The van der Waals surface area contributed by atoms with Crippen LogP contribution in [0.25, 0.3) is 0 Å². The molecule has 2 bridgehead atoms. The monoisotopic (exact) mass is 251 g/mol. The number of rotatable bonds is 2. The van der Waals surface area contributed by atoms with E-state index in [1.807, 2.05) is 0 Å². The number of hydrogen-bond donors (Lipinski definition) is 0. The number of benzene rings is 1. The van der Waals surface area contributed by atoms with Gasteiger partial charge in [-0.2, -0.15) is 0 Å². The Labute approximate surface area is 93.2 Å². The molecule has 0 unspecified atom stereocenters. The fourth-order valence-electron chi connectivity index (χ4n) is 2.67. The molecular formula is C12H14BrN. The molecule has 1 nitrogen and oxygen atoms in total. The van der Waals surface area contributed by atoms with Crippen molar-refractivity contribution in [2.75, 3.05) is 6.54 Å². The van der Waals surface area contributed by atoms with E-state index in [2.05, 4.69) is 45.1 Å². The van der Waals surface area contributed by atoms with E-state index in [9.17, 15) is 0 Å². The molecule has 0 N–H and O–H groups in total. The first kappa shape index (κ1) is 8.93. The molecule has 14 heavy (non-hydrogen) atoms. The SMILES string of the molecule is Brc1ccccc1CN1CC2CC1C2. The molecule has 2 heteroatoms. The summed E-state index contributed by atoms with van der Waals surface area (Å²) < 4.78 is 1.25. The maximum absolute atomic E-state index is 3.61. The Balaban J connectivity index is 1.75. The zero-order valence-corrected chi connectivity index (χ0v) is 9.70. The van der Waals surface area contributed by atoms with Gasteiger partial charge in [-0.05, 0) is 30.4 Å². The molecule has 2 heterocycles. The number of halogens is 1. The molecule has 4 rings (SSSR count). The van der Waals surface area contributed by atoms with E-state index >= 15 is 0 Å². The average molecular weight is 252 g/mol. The quantitative estimate of drug-likeness (QED) is 0.782. The van der Waals surface area contributed by atoms with Gasteiger partial charge in [-0.1, -0.05) is 34.1 Å². The first-order valence-electron chi connectivity index (χ1n) is 5.30. The third-order valence-electron chi connectivity index (χ3n) is 3.55. The van der Waals surface area contributed by atoms with Gasteiger partial charge in [0.2, 0.25) is 0 Å². The summed E-state index contributed by atoms with van der Waals surface area (Å²) in [5, 5.41) is 0. The third kappa shape index (κ3) is 1.41. The van der Waals surface area contributed by atoms with Crippen LogP contribution in [0.4, 0.5) is 0 Å². The normalized spacial score (nSPS) is 30.4. The van der Waals surface area contributed by atoms with Gasteiger partial charge in [-0.25, -0.2) is 0 Å². The maximum Gasteiger partial charge on any atom is 0.0247 e. The highest BCUT2D eigenvalue weighted by molar-refractivity contribution is 9.10. The van der Waals surface area contributed by atoms with Gasteiger partial charge < -0.3 is 0 Å². The van der Waals surface area contributed by atoms with E-state index in [0.29, 0.717) is 0 Å². The zero-order chi connectivity index (χ0) is 9.54. The second kappa shape index (κ2) is 3.35. The lowest BCUT2D eigenvalue weighted by atomic mass is 9.86. The Morgan fingerprint density at radius 1 is 1.29 bits per heavy atom. The summed E-state index contributed by atoms with van der Waals surface area (Å²) >= 11 is 3.61. The number of nitrogens with zero attached hydrogens (tertiary/aromatic N) is 1. The molecule has 0 radical (unpaired) electrons. The summed E-state index contributed by atoms with van der Waals surface area (Å²) in [5.74, 6) is 1.02. The second-order valence-corrected chi connectivity index (χ2v) is 5.37. The van der Waals surface area contributed by atoms with Crippen LogP contribution in [0.5, 0.6) is 0 Å². The summed E-state index contributed by atoms with van der Waals surface area (Å²) in [6.07, 6.45) is 2.90. The first-order valence-corrected chi connectivity index (χ1v) is 6.09. The van der Waals surface area contributed by atoms with Crippen molar-refractivity contribution in [3.05, 3.63) is 34.3 Å². The standard InChI is InChI=1S/C12H14BrN/c13-12-4-2-1-3-10(12)8-14-7-9-5-11(14)6-9/h1-4,9,11H,5-8H2. The summed E-state index contributed by atoms with van der Waals surface area (Å²) in [6.45, 7) is 2.45. The Kier molecular flexibility index (Phi) is 2.14. The van der Waals surface area contributed by atoms with E-state index in [1.165, 1.54) is 29.4 Å². The second-order valence-electron chi connectivity index (χ2n) is 4.51. The van der Waals surface area contributed by atoms with E-state index in [0.717, 1.165) is 18.5 Å². The molecule has 0 spiro atoms. The minimum Gasteiger partial charge on any atom is -0.296 e. The fraction of sp³-hybridized carbons (Fsp3) is 0.500. The van der Waals surface area contributed by atoms with Crippen LogP contribution in [0.3, 0.4) is 0 Å². The molecule has 2 saturated heterocycles. The highest BCUT2D eigenvalue weighted by atomic mass is 79.9. The van der Waals surface area contributed by atoms with Gasteiger partial charge in [0, 0.05) is 23.6 Å². The van der Waals surface area contributed by atoms with Gasteiger partial charge >= 0.3 is 0 Å². The first-order chi connectivity index (χ1) is 6.83. The topological polar surface area (TPSA) is 3.24 Å². The fourth-order valence-corrected chi connectivity index (χ4v) is 3.08. The lowest BCUT2D eigenvalue weighted by molar-refractivity contribution is 0.239. The Morgan fingerprint density at radius 2 is 2.07 bits per heavy atom. The van der Waals surface area contributed by atoms with Gasteiger partial charge in [0.15, 0.2) is 0 Å². The van der Waals surface area contributed by atoms with Crippen molar-refractivity contribution in [1.29, 1.82) is 0 Å². The molecule has 2 aliphatic heterocycles. The number of hydrogen-bond acceptors (Lipinski definition) is 1. The predicted octanol–water partition coefficient (Wildman–Crippen LogP) is 3.04.